The maximum atomic E-state index is 11.8. The second-order valence-corrected chi connectivity index (χ2v) is 7.30. The maximum Gasteiger partial charge on any atom is 0.241 e. The summed E-state index contributed by atoms with van der Waals surface area (Å²) in [6.07, 6.45) is 0.886. The Hall–Kier alpha value is -1.79. The largest absolute Gasteiger partial charge is 0.383 e. The van der Waals surface area contributed by atoms with E-state index in [9.17, 15) is 4.79 Å². The molecule has 0 heterocycles. The Morgan fingerprint density at radius 3 is 2.69 bits per heavy atom. The minimum atomic E-state index is -0.127. The maximum absolute atomic E-state index is 11.8. The number of ether oxygens (including phenoxy) is 1. The third kappa shape index (κ3) is 9.63. The molecule has 0 atom stereocenters. The predicted octanol–water partition coefficient (Wildman–Crippen LogP) is 2.23. The predicted molar refractivity (Wildman–Crippen MR) is 108 cm³/mol. The summed E-state index contributed by atoms with van der Waals surface area (Å²) in [7, 11) is 1.60. The molecular formula is C19H31ClN4O2. The molecule has 6 nitrogen and oxygen atoms in total. The molecule has 1 aromatic rings. The van der Waals surface area contributed by atoms with Crippen molar-refractivity contribution in [3.63, 3.8) is 0 Å². The van der Waals surface area contributed by atoms with Crippen molar-refractivity contribution in [2.45, 2.75) is 27.2 Å². The van der Waals surface area contributed by atoms with Gasteiger partial charge in [0.2, 0.25) is 5.91 Å². The van der Waals surface area contributed by atoms with Crippen LogP contribution in [0.1, 0.15) is 26.3 Å². The van der Waals surface area contributed by atoms with Gasteiger partial charge in [-0.2, -0.15) is 0 Å². The van der Waals surface area contributed by atoms with Crippen LogP contribution in [0.15, 0.2) is 29.3 Å². The summed E-state index contributed by atoms with van der Waals surface area (Å²) < 4.78 is 4.91. The molecular weight excluding hydrogens is 352 g/mol. The number of aliphatic imine (C=N–C) groups is 1. The Labute approximate surface area is 161 Å². The average molecular weight is 383 g/mol. The molecule has 0 spiro atoms. The van der Waals surface area contributed by atoms with Crippen LogP contribution in [0.5, 0.6) is 0 Å². The van der Waals surface area contributed by atoms with Gasteiger partial charge < -0.3 is 20.7 Å². The second kappa shape index (κ2) is 11.8. The van der Waals surface area contributed by atoms with Crippen LogP contribution in [-0.4, -0.2) is 51.8 Å². The summed E-state index contributed by atoms with van der Waals surface area (Å²) in [6, 6.07) is 7.92. The van der Waals surface area contributed by atoms with E-state index in [1.165, 1.54) is 5.56 Å². The number of methoxy groups -OCH3 is 1. The van der Waals surface area contributed by atoms with E-state index in [1.807, 2.05) is 25.1 Å². The van der Waals surface area contributed by atoms with Crippen LogP contribution in [0.4, 0.5) is 0 Å². The molecule has 1 amide bonds. The summed E-state index contributed by atoms with van der Waals surface area (Å²) in [4.78, 5) is 16.1. The number of nitrogens with zero attached hydrogens (tertiary/aromatic N) is 1. The number of hydrogen-bond donors (Lipinski definition) is 3. The summed E-state index contributed by atoms with van der Waals surface area (Å²) in [5.74, 6) is 0.506. The van der Waals surface area contributed by atoms with Gasteiger partial charge in [0.15, 0.2) is 5.96 Å². The van der Waals surface area contributed by atoms with E-state index in [0.717, 1.165) is 24.5 Å². The van der Waals surface area contributed by atoms with E-state index in [4.69, 9.17) is 16.3 Å². The van der Waals surface area contributed by atoms with E-state index in [1.54, 1.807) is 7.11 Å². The minimum Gasteiger partial charge on any atom is -0.383 e. The molecule has 0 fully saturated rings. The number of rotatable bonds is 10. The minimum absolute atomic E-state index is 0.00158. The van der Waals surface area contributed by atoms with Gasteiger partial charge in [-0.15, -0.1) is 0 Å². The van der Waals surface area contributed by atoms with Gasteiger partial charge in [-0.25, -0.2) is 4.99 Å². The first-order chi connectivity index (χ1) is 12.4. The van der Waals surface area contributed by atoms with Crippen LogP contribution in [0.3, 0.4) is 0 Å². The molecule has 0 aromatic heterocycles. The summed E-state index contributed by atoms with van der Waals surface area (Å²) in [6.45, 7) is 8.86. The molecule has 1 rings (SSSR count). The van der Waals surface area contributed by atoms with Crippen LogP contribution in [0, 0.1) is 5.41 Å². The van der Waals surface area contributed by atoms with Crippen molar-refractivity contribution < 1.29 is 9.53 Å². The molecule has 0 aliphatic rings. The molecule has 0 saturated carbocycles. The van der Waals surface area contributed by atoms with Gasteiger partial charge in [-0.3, -0.25) is 4.79 Å². The van der Waals surface area contributed by atoms with Crippen LogP contribution in [-0.2, 0) is 16.0 Å². The standard InChI is InChI=1S/C19H31ClN4O2/c1-5-21-18(23-13-17(25)22-9-10-26-4)24-14-19(2,3)12-15-7-6-8-16(20)11-15/h6-8,11H,5,9-10,12-14H2,1-4H3,(H,22,25)(H2,21,23,24). The van der Waals surface area contributed by atoms with Crippen molar-refractivity contribution in [1.29, 1.82) is 0 Å². The normalized spacial score (nSPS) is 12.0. The van der Waals surface area contributed by atoms with Crippen molar-refractivity contribution in [1.82, 2.24) is 16.0 Å². The van der Waals surface area contributed by atoms with Crippen LogP contribution in [0.2, 0.25) is 5.02 Å². The zero-order chi connectivity index (χ0) is 19.4. The fourth-order valence-electron chi connectivity index (χ4n) is 2.43. The number of carbonyl (C=O) groups excluding carboxylic acids is 1. The number of nitrogens with one attached hydrogen (secondary N) is 3. The number of amides is 1. The first-order valence-corrected chi connectivity index (χ1v) is 9.26. The highest BCUT2D eigenvalue weighted by atomic mass is 35.5. The summed E-state index contributed by atoms with van der Waals surface area (Å²) >= 11 is 6.07. The monoisotopic (exact) mass is 382 g/mol. The molecule has 0 saturated heterocycles. The van der Waals surface area contributed by atoms with Gasteiger partial charge in [-0.05, 0) is 36.5 Å². The van der Waals surface area contributed by atoms with E-state index in [0.29, 0.717) is 19.1 Å². The fraction of sp³-hybridized carbons (Fsp3) is 0.579. The van der Waals surface area contributed by atoms with Gasteiger partial charge in [0.05, 0.1) is 6.61 Å². The number of guanidine groups is 1. The molecule has 0 radical (unpaired) electrons. The highest BCUT2D eigenvalue weighted by molar-refractivity contribution is 6.30. The van der Waals surface area contributed by atoms with E-state index in [-0.39, 0.29) is 17.9 Å². The SMILES string of the molecule is CCNC(=NCC(=O)NCCOC)NCC(C)(C)Cc1cccc(Cl)c1. The lowest BCUT2D eigenvalue weighted by molar-refractivity contribution is -0.119. The van der Waals surface area contributed by atoms with Crippen molar-refractivity contribution in [3.8, 4) is 0 Å². The average Bonchev–Trinajstić information content (AvgIpc) is 2.57. The fourth-order valence-corrected chi connectivity index (χ4v) is 2.64. The van der Waals surface area contributed by atoms with Gasteiger partial charge >= 0.3 is 0 Å². The quantitative estimate of drug-likeness (QED) is 0.329. The zero-order valence-electron chi connectivity index (χ0n) is 16.2. The van der Waals surface area contributed by atoms with E-state index in [2.05, 4.69) is 40.9 Å². The van der Waals surface area contributed by atoms with Gasteiger partial charge in [0, 0.05) is 31.8 Å². The Bertz CT molecular complexity index is 591. The Morgan fingerprint density at radius 1 is 1.27 bits per heavy atom. The summed E-state index contributed by atoms with van der Waals surface area (Å²) in [5, 5.41) is 9.99. The van der Waals surface area contributed by atoms with Crippen molar-refractivity contribution >= 4 is 23.5 Å². The Balaban J connectivity index is 2.54. The van der Waals surface area contributed by atoms with E-state index >= 15 is 0 Å². The van der Waals surface area contributed by atoms with E-state index < -0.39 is 0 Å². The van der Waals surface area contributed by atoms with Crippen LogP contribution < -0.4 is 16.0 Å². The lowest BCUT2D eigenvalue weighted by atomic mass is 9.86. The Morgan fingerprint density at radius 2 is 2.04 bits per heavy atom. The molecule has 146 valence electrons. The number of halogens is 1. The molecule has 1 aromatic carbocycles. The molecule has 3 N–H and O–H groups in total. The molecule has 0 aliphatic heterocycles. The van der Waals surface area contributed by atoms with Gasteiger partial charge in [-0.1, -0.05) is 37.6 Å². The number of benzene rings is 1. The summed E-state index contributed by atoms with van der Waals surface area (Å²) in [5.41, 5.74) is 1.20. The second-order valence-electron chi connectivity index (χ2n) is 6.86. The number of hydrogen-bond acceptors (Lipinski definition) is 3. The molecule has 0 unspecified atom stereocenters. The van der Waals surface area contributed by atoms with Gasteiger partial charge in [0.25, 0.3) is 0 Å². The lowest BCUT2D eigenvalue weighted by Gasteiger charge is -2.26. The lowest BCUT2D eigenvalue weighted by Crippen LogP contribution is -2.43. The highest BCUT2D eigenvalue weighted by Crippen LogP contribution is 2.22. The smallest absolute Gasteiger partial charge is 0.241 e. The van der Waals surface area contributed by atoms with Crippen molar-refractivity contribution in [2.75, 3.05) is 39.9 Å². The molecule has 0 aliphatic carbocycles. The molecule has 26 heavy (non-hydrogen) atoms. The van der Waals surface area contributed by atoms with Crippen molar-refractivity contribution in [3.05, 3.63) is 34.9 Å². The zero-order valence-corrected chi connectivity index (χ0v) is 16.9. The topological polar surface area (TPSA) is 74.8 Å². The first kappa shape index (κ1) is 22.3. The van der Waals surface area contributed by atoms with Crippen molar-refractivity contribution in [2.24, 2.45) is 10.4 Å². The molecule has 0 bridgehead atoms. The highest BCUT2D eigenvalue weighted by Gasteiger charge is 2.19. The Kier molecular flexibility index (Phi) is 10.1. The van der Waals surface area contributed by atoms with Crippen LogP contribution >= 0.6 is 11.6 Å². The van der Waals surface area contributed by atoms with Crippen LogP contribution in [0.25, 0.3) is 0 Å². The number of carbonyl (C=O) groups is 1. The van der Waals surface area contributed by atoms with Gasteiger partial charge in [0.1, 0.15) is 6.54 Å². The third-order valence-corrected chi connectivity index (χ3v) is 3.89. The first-order valence-electron chi connectivity index (χ1n) is 8.88. The molecule has 7 heteroatoms. The third-order valence-electron chi connectivity index (χ3n) is 3.66.